The van der Waals surface area contributed by atoms with E-state index < -0.39 is 5.41 Å². The van der Waals surface area contributed by atoms with Crippen LogP contribution in [0, 0.1) is 6.92 Å². The van der Waals surface area contributed by atoms with Crippen molar-refractivity contribution in [1.82, 2.24) is 4.98 Å². The fraction of sp³-hybridized carbons (Fsp3) is 0.167. The third kappa shape index (κ3) is 7.35. The number of aryl methyl sites for hydroxylation is 1. The predicted molar refractivity (Wildman–Crippen MR) is 325 cm³/mol. The number of benzene rings is 9. The smallest absolute Gasteiger partial charge is 0.145 e. The van der Waals surface area contributed by atoms with Crippen LogP contribution < -0.4 is 9.80 Å². The highest BCUT2D eigenvalue weighted by Gasteiger charge is 2.54. The van der Waals surface area contributed by atoms with Gasteiger partial charge in [0.05, 0.1) is 16.5 Å². The maximum atomic E-state index is 7.46. The molecule has 77 heavy (non-hydrogen) atoms. The van der Waals surface area contributed by atoms with Crippen LogP contribution in [-0.4, -0.2) is 11.7 Å². The fourth-order valence-electron chi connectivity index (χ4n) is 12.6. The summed E-state index contributed by atoms with van der Waals surface area (Å²) in [7, 11) is 0. The summed E-state index contributed by atoms with van der Waals surface area (Å²) in [5.74, 6) is 1.57. The van der Waals surface area contributed by atoms with Gasteiger partial charge in [-0.15, -0.1) is 0 Å². The average Bonchev–Trinajstić information content (AvgIpc) is 3.09. The van der Waals surface area contributed by atoms with Crippen molar-refractivity contribution in [2.45, 2.75) is 78.6 Å². The molecule has 1 spiro atoms. The van der Waals surface area contributed by atoms with Gasteiger partial charge in [0, 0.05) is 34.2 Å². The maximum Gasteiger partial charge on any atom is 0.145 e. The van der Waals surface area contributed by atoms with Crippen LogP contribution in [0.2, 0.25) is 0 Å². The molecule has 11 aromatic rings. The van der Waals surface area contributed by atoms with Crippen LogP contribution in [0.25, 0.3) is 65.7 Å². The number of aromatic nitrogens is 1. The van der Waals surface area contributed by atoms with Crippen molar-refractivity contribution in [2.24, 2.45) is 4.99 Å². The molecular formula is C72H62N4O. The molecule has 0 aliphatic heterocycles. The number of aliphatic imine (C=N–C) groups is 1. The molecule has 2 aliphatic carbocycles. The number of furan rings is 1. The molecule has 0 amide bonds. The first-order valence-corrected chi connectivity index (χ1v) is 26.9. The van der Waals surface area contributed by atoms with Crippen molar-refractivity contribution in [1.29, 1.82) is 0 Å². The molecule has 9 aromatic carbocycles. The van der Waals surface area contributed by atoms with Crippen molar-refractivity contribution < 1.29 is 4.42 Å². The van der Waals surface area contributed by atoms with Gasteiger partial charge in [-0.05, 0) is 176 Å². The highest BCUT2D eigenvalue weighted by Crippen LogP contribution is 2.68. The quantitative estimate of drug-likeness (QED) is 0.0864. The molecule has 0 N–H and O–H groups in total. The summed E-state index contributed by atoms with van der Waals surface area (Å²) in [4.78, 5) is 14.6. The zero-order valence-corrected chi connectivity index (χ0v) is 45.5. The number of anilines is 5. The van der Waals surface area contributed by atoms with Crippen LogP contribution in [0.3, 0.4) is 0 Å². The summed E-state index contributed by atoms with van der Waals surface area (Å²) >= 11 is 0. The normalized spacial score (nSPS) is 13.5. The van der Waals surface area contributed by atoms with E-state index >= 15 is 0 Å². The third-order valence-corrected chi connectivity index (χ3v) is 16.2. The van der Waals surface area contributed by atoms with Gasteiger partial charge in [-0.25, -0.2) is 9.98 Å². The Morgan fingerprint density at radius 1 is 0.558 bits per heavy atom. The number of rotatable bonds is 8. The SMILES string of the molecule is C=N/C(=C\C=C(C)C)N(c1ccc(C(C)(C)C)cc1)c1cc2c(c3oc4ccccc4c13)-c1c(c3ccc(N(c4ccc(C(C)(C)C)cc4)c4ccc(C)cn4)cc3c3ccccc13)C21c2ccccc2-c2ccccc21. The fourth-order valence-corrected chi connectivity index (χ4v) is 12.6. The molecule has 13 rings (SSSR count). The lowest BCUT2D eigenvalue weighted by atomic mass is 9.69. The zero-order chi connectivity index (χ0) is 53.1. The highest BCUT2D eigenvalue weighted by molar-refractivity contribution is 6.26. The Bertz CT molecular complexity index is 4220. The van der Waals surface area contributed by atoms with Crippen molar-refractivity contribution in [3.8, 4) is 22.3 Å². The Morgan fingerprint density at radius 3 is 1.75 bits per heavy atom. The second-order valence-corrected chi connectivity index (χ2v) is 23.4. The Kier molecular flexibility index (Phi) is 11.0. The van der Waals surface area contributed by atoms with E-state index in [-0.39, 0.29) is 10.8 Å². The standard InChI is InChI=1S/C72H62N4O/c1-44(2)27-39-63(73-10)76(49-35-31-47(32-36-49)71(7,8)9)61-42-60-67(69-65(61)56-23-15-18-26-62(56)77-69)66-54-22-12-11-19-51(54)57-41-50(75(64-40-28-45(3)43-74-64)48-33-29-46(30-34-48)70(4,5)6)37-38-55(57)68(66)72(60)58-24-16-13-20-52(58)53-21-14-17-25-59(53)72/h11-43H,10H2,1-9H3/b63-39+. The van der Waals surface area contributed by atoms with Crippen LogP contribution in [0.5, 0.6) is 0 Å². The number of allylic oxidation sites excluding steroid dienone is 3. The molecule has 0 saturated carbocycles. The molecular weight excluding hydrogens is 937 g/mol. The lowest BCUT2D eigenvalue weighted by Crippen LogP contribution is -2.27. The number of hydrogen-bond donors (Lipinski definition) is 0. The van der Waals surface area contributed by atoms with Gasteiger partial charge in [0.2, 0.25) is 0 Å². The first-order chi connectivity index (χ1) is 37.2. The van der Waals surface area contributed by atoms with Gasteiger partial charge in [-0.1, -0.05) is 181 Å². The van der Waals surface area contributed by atoms with Gasteiger partial charge >= 0.3 is 0 Å². The molecule has 5 heteroatoms. The van der Waals surface area contributed by atoms with Crippen molar-refractivity contribution in [2.75, 3.05) is 9.80 Å². The van der Waals surface area contributed by atoms with Crippen molar-refractivity contribution in [3.05, 3.63) is 251 Å². The number of nitrogens with zero attached hydrogens (tertiary/aromatic N) is 4. The average molecular weight is 999 g/mol. The zero-order valence-electron chi connectivity index (χ0n) is 45.5. The molecule has 0 bridgehead atoms. The summed E-state index contributed by atoms with van der Waals surface area (Å²) in [6.07, 6.45) is 6.19. The minimum absolute atomic E-state index is 0.0104. The van der Waals surface area contributed by atoms with Crippen molar-refractivity contribution >= 4 is 78.8 Å². The Hall–Kier alpha value is -8.80. The Labute approximate surface area is 452 Å². The van der Waals surface area contributed by atoms with E-state index in [1.54, 1.807) is 0 Å². The lowest BCUT2D eigenvalue weighted by Gasteiger charge is -2.33. The van der Waals surface area contributed by atoms with E-state index in [0.717, 1.165) is 67.2 Å². The molecule has 376 valence electrons. The van der Waals surface area contributed by atoms with Gasteiger partial charge < -0.3 is 4.42 Å². The van der Waals surface area contributed by atoms with Crippen LogP contribution in [0.15, 0.2) is 221 Å². The summed E-state index contributed by atoms with van der Waals surface area (Å²) in [5, 5.41) is 6.74. The third-order valence-electron chi connectivity index (χ3n) is 16.2. The maximum absolute atomic E-state index is 7.46. The second kappa shape index (κ2) is 17.6. The molecule has 0 unspecified atom stereocenters. The number of para-hydroxylation sites is 1. The molecule has 0 atom stereocenters. The van der Waals surface area contributed by atoms with Crippen LogP contribution in [0.4, 0.5) is 28.6 Å². The molecule has 0 saturated heterocycles. The molecule has 0 radical (unpaired) electrons. The summed E-state index contributed by atoms with van der Waals surface area (Å²) < 4.78 is 7.46. The summed E-state index contributed by atoms with van der Waals surface area (Å²) in [5.41, 5.74) is 19.4. The summed E-state index contributed by atoms with van der Waals surface area (Å²) in [6.45, 7) is 24.2. The van der Waals surface area contributed by atoms with E-state index in [0.29, 0.717) is 5.82 Å². The Balaban J connectivity index is 1.18. The van der Waals surface area contributed by atoms with Gasteiger partial charge in [0.1, 0.15) is 22.8 Å². The van der Waals surface area contributed by atoms with E-state index in [1.807, 2.05) is 6.20 Å². The summed E-state index contributed by atoms with van der Waals surface area (Å²) in [6, 6.07) is 67.5. The van der Waals surface area contributed by atoms with Crippen molar-refractivity contribution in [3.63, 3.8) is 0 Å². The van der Waals surface area contributed by atoms with Gasteiger partial charge in [-0.3, -0.25) is 9.80 Å². The van der Waals surface area contributed by atoms with Crippen LogP contribution >= 0.6 is 0 Å². The molecule has 2 heterocycles. The number of hydrogen-bond acceptors (Lipinski definition) is 5. The number of pyridine rings is 1. The molecule has 0 fully saturated rings. The van der Waals surface area contributed by atoms with E-state index in [9.17, 15) is 0 Å². The first kappa shape index (κ1) is 47.9. The second-order valence-electron chi connectivity index (χ2n) is 23.4. The van der Waals surface area contributed by atoms with Gasteiger partial charge in [-0.2, -0.15) is 0 Å². The Morgan fingerprint density at radius 2 is 1.14 bits per heavy atom. The molecule has 2 aliphatic rings. The molecule has 5 nitrogen and oxygen atoms in total. The van der Waals surface area contributed by atoms with Gasteiger partial charge in [0.15, 0.2) is 0 Å². The van der Waals surface area contributed by atoms with E-state index in [1.165, 1.54) is 71.6 Å². The monoisotopic (exact) mass is 998 g/mol. The minimum Gasteiger partial charge on any atom is -0.455 e. The minimum atomic E-state index is -0.780. The van der Waals surface area contributed by atoms with E-state index in [4.69, 9.17) is 14.4 Å². The topological polar surface area (TPSA) is 44.9 Å². The van der Waals surface area contributed by atoms with Gasteiger partial charge in [0.25, 0.3) is 0 Å². The van der Waals surface area contributed by atoms with Crippen LogP contribution in [-0.2, 0) is 16.2 Å². The molecule has 2 aromatic heterocycles. The highest BCUT2D eigenvalue weighted by atomic mass is 16.3. The van der Waals surface area contributed by atoms with E-state index in [2.05, 4.69) is 273 Å². The lowest BCUT2D eigenvalue weighted by molar-refractivity contribution is 0.590. The number of fused-ring (bicyclic) bond motifs is 19. The first-order valence-electron chi connectivity index (χ1n) is 26.9. The predicted octanol–water partition coefficient (Wildman–Crippen LogP) is 19.7. The largest absolute Gasteiger partial charge is 0.455 e. The van der Waals surface area contributed by atoms with Crippen LogP contribution in [0.1, 0.15) is 94.3 Å².